The maximum Gasteiger partial charge on any atom is 0.224 e. The van der Waals surface area contributed by atoms with E-state index in [1.54, 1.807) is 0 Å². The summed E-state index contributed by atoms with van der Waals surface area (Å²) in [5, 5.41) is 4.56. The number of fused-ring (bicyclic) bond motifs is 1. The second-order valence-electron chi connectivity index (χ2n) is 3.55. The van der Waals surface area contributed by atoms with Crippen LogP contribution in [0.2, 0.25) is 5.28 Å². The van der Waals surface area contributed by atoms with Crippen LogP contribution in [-0.4, -0.2) is 19.7 Å². The predicted octanol–water partition coefficient (Wildman–Crippen LogP) is 2.75. The molecule has 90 valence electrons. The van der Waals surface area contributed by atoms with Crippen LogP contribution in [0.25, 0.3) is 16.7 Å². The van der Waals surface area contributed by atoms with Gasteiger partial charge in [0.1, 0.15) is 5.69 Å². The third-order valence-electron chi connectivity index (χ3n) is 2.44. The fraction of sp³-hybridized carbons (Fsp3) is 0. The Labute approximate surface area is 105 Å². The van der Waals surface area contributed by atoms with Gasteiger partial charge in [0.05, 0.1) is 11.6 Å². The fourth-order valence-electron chi connectivity index (χ4n) is 1.63. The summed E-state index contributed by atoms with van der Waals surface area (Å²) in [6, 6.07) is 3.83. The van der Waals surface area contributed by atoms with E-state index in [1.165, 1.54) is 29.2 Å². The van der Waals surface area contributed by atoms with Crippen LogP contribution in [0.1, 0.15) is 0 Å². The average Bonchev–Trinajstić information content (AvgIpc) is 2.75. The molecule has 3 aromatic rings. The van der Waals surface area contributed by atoms with E-state index in [9.17, 15) is 8.78 Å². The molecular weight excluding hydrogens is 262 g/mol. The molecule has 0 aliphatic heterocycles. The second-order valence-corrected chi connectivity index (χ2v) is 3.89. The minimum atomic E-state index is -0.989. The lowest BCUT2D eigenvalue weighted by Crippen LogP contribution is -2.02. The van der Waals surface area contributed by atoms with Crippen molar-refractivity contribution in [2.45, 2.75) is 0 Å². The highest BCUT2D eigenvalue weighted by Gasteiger charge is 2.14. The first kappa shape index (κ1) is 11.0. The molecule has 2 aromatic heterocycles. The van der Waals surface area contributed by atoms with Gasteiger partial charge in [-0.3, -0.25) is 0 Å². The van der Waals surface area contributed by atoms with E-state index in [-0.39, 0.29) is 11.0 Å². The first-order valence-corrected chi connectivity index (χ1v) is 5.35. The summed E-state index contributed by atoms with van der Waals surface area (Å²) >= 11 is 5.67. The molecule has 0 aliphatic rings. The number of hydrogen-bond donors (Lipinski definition) is 0. The van der Waals surface area contributed by atoms with E-state index in [0.717, 1.165) is 6.07 Å². The Morgan fingerprint density at radius 2 is 2.00 bits per heavy atom. The summed E-state index contributed by atoms with van der Waals surface area (Å²) in [7, 11) is 0. The zero-order chi connectivity index (χ0) is 12.7. The molecule has 1 aromatic carbocycles. The van der Waals surface area contributed by atoms with Crippen molar-refractivity contribution in [2.24, 2.45) is 0 Å². The Hall–Kier alpha value is -2.08. The minimum absolute atomic E-state index is 0.0149. The van der Waals surface area contributed by atoms with Gasteiger partial charge in [-0.2, -0.15) is 10.1 Å². The highest BCUT2D eigenvalue weighted by atomic mass is 35.5. The van der Waals surface area contributed by atoms with Crippen molar-refractivity contribution < 1.29 is 8.78 Å². The van der Waals surface area contributed by atoms with Crippen LogP contribution < -0.4 is 0 Å². The predicted molar refractivity (Wildman–Crippen MR) is 61.6 cm³/mol. The van der Waals surface area contributed by atoms with Crippen molar-refractivity contribution in [3.8, 4) is 5.69 Å². The number of benzene rings is 1. The molecule has 4 nitrogen and oxygen atoms in total. The lowest BCUT2D eigenvalue weighted by molar-refractivity contribution is 0.502. The monoisotopic (exact) mass is 266 g/mol. The summed E-state index contributed by atoms with van der Waals surface area (Å²) in [4.78, 5) is 7.74. The Balaban J connectivity index is 2.32. The lowest BCUT2D eigenvalue weighted by Gasteiger charge is -2.04. The van der Waals surface area contributed by atoms with Crippen LogP contribution in [0.4, 0.5) is 8.78 Å². The summed E-state index contributed by atoms with van der Waals surface area (Å²) in [5.41, 5.74) is 0.291. The Bertz CT molecular complexity index is 741. The van der Waals surface area contributed by atoms with E-state index in [2.05, 4.69) is 15.1 Å². The van der Waals surface area contributed by atoms with Gasteiger partial charge in [-0.25, -0.2) is 18.4 Å². The van der Waals surface area contributed by atoms with Gasteiger partial charge in [0, 0.05) is 6.20 Å². The fourth-order valence-corrected chi connectivity index (χ4v) is 1.76. The highest BCUT2D eigenvalue weighted by molar-refractivity contribution is 6.28. The van der Waals surface area contributed by atoms with E-state index in [0.29, 0.717) is 11.0 Å². The maximum absolute atomic E-state index is 13.7. The number of rotatable bonds is 1. The molecule has 0 atom stereocenters. The molecule has 0 aliphatic carbocycles. The first-order valence-electron chi connectivity index (χ1n) is 4.97. The van der Waals surface area contributed by atoms with E-state index in [1.807, 2.05) is 0 Å². The van der Waals surface area contributed by atoms with Gasteiger partial charge in [-0.15, -0.1) is 0 Å². The molecule has 0 radical (unpaired) electrons. The molecule has 0 unspecified atom stereocenters. The third-order valence-corrected chi connectivity index (χ3v) is 2.62. The SMILES string of the molecule is Fc1cccc(-n2ncc3cnc(Cl)nc32)c1F. The van der Waals surface area contributed by atoms with Gasteiger partial charge in [0.25, 0.3) is 0 Å². The minimum Gasteiger partial charge on any atom is -0.226 e. The molecule has 18 heavy (non-hydrogen) atoms. The average molecular weight is 267 g/mol. The Morgan fingerprint density at radius 3 is 2.83 bits per heavy atom. The van der Waals surface area contributed by atoms with Crippen LogP contribution >= 0.6 is 11.6 Å². The molecule has 0 saturated heterocycles. The van der Waals surface area contributed by atoms with Crippen molar-refractivity contribution in [3.05, 3.63) is 47.5 Å². The molecule has 0 N–H and O–H groups in total. The standard InChI is InChI=1S/C11H5ClF2N4/c12-11-15-4-6-5-16-18(10(6)17-11)8-3-1-2-7(13)9(8)14/h1-5H. The van der Waals surface area contributed by atoms with Crippen LogP contribution in [0.15, 0.2) is 30.6 Å². The van der Waals surface area contributed by atoms with Gasteiger partial charge >= 0.3 is 0 Å². The maximum atomic E-state index is 13.7. The van der Waals surface area contributed by atoms with Crippen molar-refractivity contribution in [1.82, 2.24) is 19.7 Å². The zero-order valence-corrected chi connectivity index (χ0v) is 9.57. The molecule has 0 saturated carbocycles. The summed E-state index contributed by atoms with van der Waals surface area (Å²) in [6.07, 6.45) is 2.92. The highest BCUT2D eigenvalue weighted by Crippen LogP contribution is 2.20. The number of halogens is 3. The molecule has 3 rings (SSSR count). The summed E-state index contributed by atoms with van der Waals surface area (Å²) in [6.45, 7) is 0. The van der Waals surface area contributed by atoms with Gasteiger partial charge < -0.3 is 0 Å². The van der Waals surface area contributed by atoms with Crippen LogP contribution in [-0.2, 0) is 0 Å². The first-order chi connectivity index (χ1) is 8.66. The zero-order valence-electron chi connectivity index (χ0n) is 8.81. The van der Waals surface area contributed by atoms with Crippen LogP contribution in [0, 0.1) is 11.6 Å². The second kappa shape index (κ2) is 3.99. The number of nitrogens with zero attached hydrogens (tertiary/aromatic N) is 4. The number of aromatic nitrogens is 4. The van der Waals surface area contributed by atoms with Crippen molar-refractivity contribution in [3.63, 3.8) is 0 Å². The van der Waals surface area contributed by atoms with Gasteiger partial charge in [-0.05, 0) is 23.7 Å². The smallest absolute Gasteiger partial charge is 0.224 e. The Morgan fingerprint density at radius 1 is 1.17 bits per heavy atom. The van der Waals surface area contributed by atoms with Crippen molar-refractivity contribution >= 4 is 22.6 Å². The van der Waals surface area contributed by atoms with Crippen LogP contribution in [0.5, 0.6) is 0 Å². The molecule has 0 amide bonds. The molecule has 7 heteroatoms. The van der Waals surface area contributed by atoms with Gasteiger partial charge in [0.15, 0.2) is 17.3 Å². The van der Waals surface area contributed by atoms with E-state index >= 15 is 0 Å². The van der Waals surface area contributed by atoms with E-state index in [4.69, 9.17) is 11.6 Å². The normalized spacial score (nSPS) is 11.1. The van der Waals surface area contributed by atoms with E-state index < -0.39 is 11.6 Å². The topological polar surface area (TPSA) is 43.6 Å². The Kier molecular flexibility index (Phi) is 2.45. The molecule has 0 bridgehead atoms. The number of hydrogen-bond acceptors (Lipinski definition) is 3. The molecule has 2 heterocycles. The molecule has 0 fully saturated rings. The summed E-state index contributed by atoms with van der Waals surface area (Å²) < 4.78 is 28.0. The van der Waals surface area contributed by atoms with Gasteiger partial charge in [-0.1, -0.05) is 6.07 Å². The molecule has 0 spiro atoms. The quantitative estimate of drug-likeness (QED) is 0.636. The summed E-state index contributed by atoms with van der Waals surface area (Å²) in [5.74, 6) is -1.94. The largest absolute Gasteiger partial charge is 0.226 e. The third kappa shape index (κ3) is 1.62. The van der Waals surface area contributed by atoms with Crippen molar-refractivity contribution in [2.75, 3.05) is 0 Å². The van der Waals surface area contributed by atoms with Gasteiger partial charge in [0.2, 0.25) is 5.28 Å². The molecular formula is C11H5ClF2N4. The lowest BCUT2D eigenvalue weighted by atomic mass is 10.3. The van der Waals surface area contributed by atoms with Crippen molar-refractivity contribution in [1.29, 1.82) is 0 Å². The van der Waals surface area contributed by atoms with Crippen LogP contribution in [0.3, 0.4) is 0 Å².